The summed E-state index contributed by atoms with van der Waals surface area (Å²) in [5, 5.41) is 3.37. The first kappa shape index (κ1) is 22.8. The van der Waals surface area contributed by atoms with Crippen molar-refractivity contribution < 1.29 is 14.3 Å². The van der Waals surface area contributed by atoms with Gasteiger partial charge in [0.1, 0.15) is 5.82 Å². The highest BCUT2D eigenvalue weighted by Crippen LogP contribution is 2.42. The number of amides is 1. The number of imidazole rings is 1. The van der Waals surface area contributed by atoms with Crippen LogP contribution in [-0.4, -0.2) is 35.1 Å². The van der Waals surface area contributed by atoms with Gasteiger partial charge in [0.25, 0.3) is 5.91 Å². The first-order valence-electron chi connectivity index (χ1n) is 11.2. The number of methoxy groups -OCH3 is 2. The summed E-state index contributed by atoms with van der Waals surface area (Å²) in [5.74, 6) is 1.96. The molecule has 1 aromatic heterocycles. The lowest BCUT2D eigenvalue weighted by atomic mass is 10.0. The summed E-state index contributed by atoms with van der Waals surface area (Å²) in [4.78, 5) is 17.9. The first-order chi connectivity index (χ1) is 16.5. The number of nitrogens with zero attached hydrogens (tertiary/aromatic N) is 2. The quantitative estimate of drug-likeness (QED) is 0.416. The lowest BCUT2D eigenvalue weighted by Gasteiger charge is -2.17. The lowest BCUT2D eigenvalue weighted by molar-refractivity contribution is 0.0950. The molecule has 6 nitrogen and oxygen atoms in total. The minimum Gasteiger partial charge on any atom is -0.493 e. The molecule has 5 rings (SSSR count). The van der Waals surface area contributed by atoms with Crippen molar-refractivity contribution in [1.29, 1.82) is 0 Å². The Balaban J connectivity index is 1.42. The zero-order valence-electron chi connectivity index (χ0n) is 19.0. The Morgan fingerprint density at radius 2 is 2.00 bits per heavy atom. The monoisotopic (exact) mass is 497 g/mol. The zero-order valence-corrected chi connectivity index (χ0v) is 20.5. The normalized spacial score (nSPS) is 17.8. The highest BCUT2D eigenvalue weighted by molar-refractivity contribution is 6.38. The fourth-order valence-electron chi connectivity index (χ4n) is 4.35. The number of para-hydroxylation sites is 1. The third-order valence-corrected chi connectivity index (χ3v) is 7.11. The van der Waals surface area contributed by atoms with Gasteiger partial charge < -0.3 is 19.4 Å². The Morgan fingerprint density at radius 3 is 2.71 bits per heavy atom. The van der Waals surface area contributed by atoms with E-state index in [-0.39, 0.29) is 11.3 Å². The molecule has 8 heteroatoms. The molecule has 2 aliphatic carbocycles. The Labute approximate surface area is 208 Å². The number of ether oxygens (including phenoxy) is 2. The van der Waals surface area contributed by atoms with Gasteiger partial charge in [-0.15, -0.1) is 11.6 Å². The Kier molecular flexibility index (Phi) is 6.28. The van der Waals surface area contributed by atoms with Crippen LogP contribution in [0.1, 0.15) is 47.1 Å². The van der Waals surface area contributed by atoms with Crippen molar-refractivity contribution in [2.45, 2.75) is 37.2 Å². The summed E-state index contributed by atoms with van der Waals surface area (Å²) < 4.78 is 13.1. The fraction of sp³-hybridized carbons (Fsp3) is 0.308. The Morgan fingerprint density at radius 1 is 1.18 bits per heavy atom. The maximum atomic E-state index is 13.0. The van der Waals surface area contributed by atoms with Crippen LogP contribution in [0, 0.1) is 0 Å². The summed E-state index contributed by atoms with van der Waals surface area (Å²) in [6, 6.07) is 11.7. The first-order valence-corrected chi connectivity index (χ1v) is 12.0. The minimum atomic E-state index is -0.246. The minimum absolute atomic E-state index is 0.179. The van der Waals surface area contributed by atoms with E-state index in [1.165, 1.54) is 0 Å². The van der Waals surface area contributed by atoms with Gasteiger partial charge in [0.15, 0.2) is 11.5 Å². The molecule has 0 spiro atoms. The smallest absolute Gasteiger partial charge is 0.251 e. The summed E-state index contributed by atoms with van der Waals surface area (Å²) in [6.07, 6.45) is 6.72. The van der Waals surface area contributed by atoms with Crippen LogP contribution in [0.3, 0.4) is 0 Å². The average Bonchev–Trinajstić information content (AvgIpc) is 3.62. The van der Waals surface area contributed by atoms with E-state index in [2.05, 4.69) is 9.88 Å². The largest absolute Gasteiger partial charge is 0.493 e. The number of aromatic nitrogens is 2. The SMILES string of the molecule is COc1cccc(CNC(=O)c2ccc3c(c2)nc(C2=CC=C(Cl)C(Cl)C2)n3C2CC2)c1OC. The molecule has 0 radical (unpaired) electrons. The number of benzene rings is 2. The lowest BCUT2D eigenvalue weighted by Crippen LogP contribution is -2.23. The molecular weight excluding hydrogens is 473 g/mol. The second kappa shape index (κ2) is 9.35. The van der Waals surface area contributed by atoms with Gasteiger partial charge in [0, 0.05) is 28.7 Å². The average molecular weight is 498 g/mol. The van der Waals surface area contributed by atoms with Crippen LogP contribution in [0.4, 0.5) is 0 Å². The van der Waals surface area contributed by atoms with Gasteiger partial charge in [-0.2, -0.15) is 0 Å². The number of carbonyl (C=O) groups excluding carboxylic acids is 1. The standard InChI is InChI=1S/C26H25Cl2N3O3/c1-33-23-5-3-4-17(24(23)34-2)14-29-26(32)16-7-11-22-21(13-16)30-25(31(22)18-8-9-18)15-6-10-19(27)20(28)12-15/h3-7,10-11,13,18,20H,8-9,12,14H2,1-2H3,(H,29,32). The van der Waals surface area contributed by atoms with E-state index in [1.54, 1.807) is 14.2 Å². The topological polar surface area (TPSA) is 65.4 Å². The molecular formula is C26H25Cl2N3O3. The van der Waals surface area contributed by atoms with Crippen LogP contribution in [0.25, 0.3) is 16.6 Å². The second-order valence-corrected chi connectivity index (χ2v) is 9.45. The molecule has 1 amide bonds. The molecule has 1 fully saturated rings. The number of carbonyl (C=O) groups is 1. The van der Waals surface area contributed by atoms with Crippen LogP contribution in [0.15, 0.2) is 53.6 Å². The highest BCUT2D eigenvalue weighted by atomic mass is 35.5. The molecule has 1 atom stereocenters. The molecule has 0 bridgehead atoms. The number of hydrogen-bond acceptors (Lipinski definition) is 4. The molecule has 34 heavy (non-hydrogen) atoms. The van der Waals surface area contributed by atoms with E-state index >= 15 is 0 Å². The van der Waals surface area contributed by atoms with Gasteiger partial charge in [-0.1, -0.05) is 29.8 Å². The molecule has 3 aromatic rings. The van der Waals surface area contributed by atoms with Crippen molar-refractivity contribution in [1.82, 2.24) is 14.9 Å². The maximum absolute atomic E-state index is 13.0. The number of halogens is 2. The van der Waals surface area contributed by atoms with Crippen molar-refractivity contribution in [3.05, 3.63) is 70.5 Å². The second-order valence-electron chi connectivity index (χ2n) is 8.49. The van der Waals surface area contributed by atoms with Crippen LogP contribution >= 0.6 is 23.2 Å². The van der Waals surface area contributed by atoms with Crippen LogP contribution in [-0.2, 0) is 6.54 Å². The van der Waals surface area contributed by atoms with Crippen molar-refractivity contribution in [2.75, 3.05) is 14.2 Å². The highest BCUT2D eigenvalue weighted by Gasteiger charge is 2.30. The van der Waals surface area contributed by atoms with Gasteiger partial charge in [-0.05, 0) is 55.2 Å². The summed E-state index contributed by atoms with van der Waals surface area (Å²) in [6.45, 7) is 0.316. The zero-order chi connectivity index (χ0) is 23.8. The fourth-order valence-corrected chi connectivity index (χ4v) is 4.73. The van der Waals surface area contributed by atoms with Gasteiger partial charge in [-0.3, -0.25) is 4.79 Å². The van der Waals surface area contributed by atoms with Crippen molar-refractivity contribution in [3.8, 4) is 11.5 Å². The maximum Gasteiger partial charge on any atom is 0.251 e. The molecule has 1 heterocycles. The van der Waals surface area contributed by atoms with Crippen LogP contribution in [0.5, 0.6) is 11.5 Å². The molecule has 176 valence electrons. The Hall–Kier alpha value is -2.96. The number of fused-ring (bicyclic) bond motifs is 1. The number of allylic oxidation sites excluding steroid dienone is 4. The number of alkyl halides is 1. The number of nitrogens with one attached hydrogen (secondary N) is 1. The van der Waals surface area contributed by atoms with E-state index in [1.807, 2.05) is 48.6 Å². The van der Waals surface area contributed by atoms with Crippen LogP contribution < -0.4 is 14.8 Å². The van der Waals surface area contributed by atoms with E-state index in [0.717, 1.165) is 40.8 Å². The third kappa shape index (κ3) is 4.28. The molecule has 1 unspecified atom stereocenters. The Bertz CT molecular complexity index is 1320. The van der Waals surface area contributed by atoms with Gasteiger partial charge in [-0.25, -0.2) is 4.98 Å². The van der Waals surface area contributed by atoms with Gasteiger partial charge in [0.2, 0.25) is 0 Å². The number of hydrogen-bond donors (Lipinski definition) is 1. The molecule has 1 N–H and O–H groups in total. The molecule has 0 saturated heterocycles. The summed E-state index contributed by atoms with van der Waals surface area (Å²) in [5.41, 5.74) is 4.27. The molecule has 2 aliphatic rings. The van der Waals surface area contributed by atoms with E-state index in [4.69, 9.17) is 37.7 Å². The third-order valence-electron chi connectivity index (χ3n) is 6.22. The molecule has 0 aliphatic heterocycles. The van der Waals surface area contributed by atoms with Gasteiger partial charge in [0.05, 0.1) is 30.6 Å². The summed E-state index contributed by atoms with van der Waals surface area (Å²) >= 11 is 12.6. The summed E-state index contributed by atoms with van der Waals surface area (Å²) in [7, 11) is 3.18. The number of rotatable bonds is 7. The molecule has 2 aromatic carbocycles. The van der Waals surface area contributed by atoms with Gasteiger partial charge >= 0.3 is 0 Å². The van der Waals surface area contributed by atoms with Crippen molar-refractivity contribution in [3.63, 3.8) is 0 Å². The van der Waals surface area contributed by atoms with E-state index in [9.17, 15) is 4.79 Å². The predicted octanol–water partition coefficient (Wildman–Crippen LogP) is 5.84. The van der Waals surface area contributed by atoms with Crippen LogP contribution in [0.2, 0.25) is 0 Å². The van der Waals surface area contributed by atoms with E-state index < -0.39 is 0 Å². The van der Waals surface area contributed by atoms with Crippen molar-refractivity contribution >= 4 is 45.7 Å². The molecule has 1 saturated carbocycles. The predicted molar refractivity (Wildman–Crippen MR) is 135 cm³/mol. The van der Waals surface area contributed by atoms with Crippen molar-refractivity contribution in [2.24, 2.45) is 0 Å². The van der Waals surface area contributed by atoms with E-state index in [0.29, 0.717) is 41.1 Å².